The van der Waals surface area contributed by atoms with Gasteiger partial charge in [-0.3, -0.25) is 5.10 Å². The Morgan fingerprint density at radius 1 is 0.500 bits per heavy atom. The first-order valence-corrected chi connectivity index (χ1v) is 16.5. The normalized spacial score (nSPS) is 10.3. The van der Waals surface area contributed by atoms with Gasteiger partial charge in [0.1, 0.15) is 5.82 Å². The van der Waals surface area contributed by atoms with E-state index in [-0.39, 0.29) is 21.7 Å². The zero-order chi connectivity index (χ0) is 35.6. The molecule has 44 heavy (non-hydrogen) atoms. The van der Waals surface area contributed by atoms with Crippen LogP contribution >= 0.6 is 0 Å². The van der Waals surface area contributed by atoms with Gasteiger partial charge in [-0.05, 0) is 18.2 Å². The van der Waals surface area contributed by atoms with Crippen LogP contribution in [0.3, 0.4) is 0 Å². The predicted octanol–water partition coefficient (Wildman–Crippen LogP) is 11.5. The van der Waals surface area contributed by atoms with Crippen LogP contribution in [-0.2, 0) is 21.7 Å². The molecule has 0 aliphatic heterocycles. The molecule has 0 aliphatic carbocycles. The van der Waals surface area contributed by atoms with E-state index < -0.39 is 0 Å². The van der Waals surface area contributed by atoms with Crippen molar-refractivity contribution >= 4 is 0 Å². The molecule has 4 aromatic heterocycles. The van der Waals surface area contributed by atoms with Gasteiger partial charge >= 0.3 is 0 Å². The van der Waals surface area contributed by atoms with E-state index in [9.17, 15) is 0 Å². The molecule has 4 aromatic rings. The van der Waals surface area contributed by atoms with Crippen LogP contribution in [0.2, 0.25) is 0 Å². The summed E-state index contributed by atoms with van der Waals surface area (Å²) in [6, 6.07) is 6.14. The van der Waals surface area contributed by atoms with Crippen molar-refractivity contribution in [2.24, 2.45) is 0 Å². The van der Waals surface area contributed by atoms with Gasteiger partial charge in [-0.1, -0.05) is 138 Å². The Morgan fingerprint density at radius 3 is 1.18 bits per heavy atom. The van der Waals surface area contributed by atoms with Gasteiger partial charge < -0.3 is 15.0 Å². The Morgan fingerprint density at radius 2 is 1.00 bits per heavy atom. The lowest BCUT2D eigenvalue weighted by Crippen LogP contribution is -2.12. The van der Waals surface area contributed by atoms with Gasteiger partial charge in [0.2, 0.25) is 0 Å². The molecule has 4 rings (SSSR count). The average molecular weight is 616 g/mol. The topological polar surface area (TPSA) is 102 Å². The highest BCUT2D eigenvalue weighted by Gasteiger charge is 2.16. The summed E-state index contributed by atoms with van der Waals surface area (Å²) in [5.74, 6) is 1.04. The van der Waals surface area contributed by atoms with Crippen LogP contribution in [0.15, 0.2) is 55.5 Å². The maximum absolute atomic E-state index is 4.13. The highest BCUT2D eigenvalue weighted by molar-refractivity contribution is 5.13. The number of H-pyrrole nitrogens is 4. The molecule has 4 heterocycles. The Bertz CT molecular complexity index is 854. The fourth-order valence-electron chi connectivity index (χ4n) is 2.81. The quantitative estimate of drug-likeness (QED) is 0.158. The molecule has 0 atom stereocenters. The van der Waals surface area contributed by atoms with Crippen LogP contribution in [0.5, 0.6) is 0 Å². The van der Waals surface area contributed by atoms with Gasteiger partial charge in [-0.15, -0.1) is 0 Å². The smallest absolute Gasteiger partial charge is 0.111 e. The van der Waals surface area contributed by atoms with Crippen molar-refractivity contribution in [2.75, 3.05) is 0 Å². The summed E-state index contributed by atoms with van der Waals surface area (Å²) in [7, 11) is 0. The lowest BCUT2D eigenvalue weighted by atomic mass is 9.93. The van der Waals surface area contributed by atoms with Crippen LogP contribution in [0, 0.1) is 0 Å². The Balaban J connectivity index is -0.000000225. The Labute approximate surface area is 273 Å². The maximum Gasteiger partial charge on any atom is 0.111 e. The second kappa shape index (κ2) is 25.3. The van der Waals surface area contributed by atoms with E-state index in [0.717, 1.165) is 5.82 Å². The highest BCUT2D eigenvalue weighted by Crippen LogP contribution is 2.20. The number of hydrogen-bond acceptors (Lipinski definition) is 3. The number of aromatic nitrogens is 7. The molecule has 256 valence electrons. The Hall–Kier alpha value is -3.09. The monoisotopic (exact) mass is 616 g/mol. The molecule has 0 amide bonds. The molecule has 7 heteroatoms. The maximum atomic E-state index is 4.13. The largest absolute Gasteiger partial charge is 0.365 e. The van der Waals surface area contributed by atoms with Gasteiger partial charge in [0.05, 0.1) is 6.33 Å². The van der Waals surface area contributed by atoms with E-state index in [4.69, 9.17) is 0 Å². The summed E-state index contributed by atoms with van der Waals surface area (Å²) in [6.45, 7) is 41.9. The molecular formula is C37H73N7. The molecule has 0 spiro atoms. The fraction of sp³-hybridized carbons (Fsp3) is 0.649. The van der Waals surface area contributed by atoms with Gasteiger partial charge in [0.15, 0.2) is 0 Å². The van der Waals surface area contributed by atoms with Crippen molar-refractivity contribution in [1.29, 1.82) is 0 Å². The molecular weight excluding hydrogens is 542 g/mol. The second-order valence-corrected chi connectivity index (χ2v) is 13.0. The zero-order valence-corrected chi connectivity index (χ0v) is 32.5. The molecule has 0 radical (unpaired) electrons. The van der Waals surface area contributed by atoms with Crippen molar-refractivity contribution in [1.82, 2.24) is 35.1 Å². The fourth-order valence-corrected chi connectivity index (χ4v) is 2.81. The van der Waals surface area contributed by atoms with Gasteiger partial charge in [0, 0.05) is 69.7 Å². The number of aromatic amines is 4. The molecule has 0 aromatic carbocycles. The van der Waals surface area contributed by atoms with Gasteiger partial charge in [-0.2, -0.15) is 5.10 Å². The van der Waals surface area contributed by atoms with E-state index in [0.29, 0.717) is 0 Å². The zero-order valence-electron chi connectivity index (χ0n) is 32.5. The first-order valence-electron chi connectivity index (χ1n) is 16.5. The van der Waals surface area contributed by atoms with E-state index in [1.807, 2.05) is 86.1 Å². The summed E-state index contributed by atoms with van der Waals surface area (Å²) in [4.78, 5) is 17.4. The van der Waals surface area contributed by atoms with E-state index >= 15 is 0 Å². The van der Waals surface area contributed by atoms with Crippen LogP contribution in [0.25, 0.3) is 0 Å². The lowest BCUT2D eigenvalue weighted by Gasteiger charge is -2.15. The van der Waals surface area contributed by atoms with E-state index in [2.05, 4.69) is 124 Å². The molecule has 7 nitrogen and oxygen atoms in total. The summed E-state index contributed by atoms with van der Waals surface area (Å²) in [5, 5.41) is 6.79. The molecule has 0 fully saturated rings. The number of imidazole rings is 2. The molecule has 0 aliphatic rings. The van der Waals surface area contributed by atoms with E-state index in [1.165, 1.54) is 17.1 Å². The van der Waals surface area contributed by atoms with Crippen LogP contribution in [-0.4, -0.2) is 35.1 Å². The highest BCUT2D eigenvalue weighted by atomic mass is 15.1. The number of rotatable bonds is 0. The first kappa shape index (κ1) is 47.8. The number of nitrogens with zero attached hydrogens (tertiary/aromatic N) is 3. The summed E-state index contributed by atoms with van der Waals surface area (Å²) in [6.07, 6.45) is 10.9. The third-order valence-electron chi connectivity index (χ3n) is 5.23. The average Bonchev–Trinajstić information content (AvgIpc) is 3.79. The van der Waals surface area contributed by atoms with Crippen molar-refractivity contribution < 1.29 is 0 Å². The minimum Gasteiger partial charge on any atom is -0.365 e. The summed E-state index contributed by atoms with van der Waals surface area (Å²) in [5.41, 5.74) is 4.49. The number of hydrogen-bond donors (Lipinski definition) is 4. The van der Waals surface area contributed by atoms with E-state index in [1.54, 1.807) is 18.7 Å². The lowest BCUT2D eigenvalue weighted by molar-refractivity contribution is 0.552. The first-order chi connectivity index (χ1) is 20.4. The predicted molar refractivity (Wildman–Crippen MR) is 197 cm³/mol. The summed E-state index contributed by atoms with van der Waals surface area (Å²) >= 11 is 0. The van der Waals surface area contributed by atoms with Crippen molar-refractivity contribution in [3.05, 3.63) is 78.4 Å². The van der Waals surface area contributed by atoms with Crippen molar-refractivity contribution in [3.63, 3.8) is 0 Å². The van der Waals surface area contributed by atoms with Crippen LogP contribution in [0.4, 0.5) is 0 Å². The summed E-state index contributed by atoms with van der Waals surface area (Å²) < 4.78 is 0. The second-order valence-electron chi connectivity index (χ2n) is 13.0. The Kier molecular flexibility index (Phi) is 27.5. The third-order valence-corrected chi connectivity index (χ3v) is 5.23. The van der Waals surface area contributed by atoms with Crippen molar-refractivity contribution in [3.8, 4) is 0 Å². The molecule has 4 N–H and O–H groups in total. The molecule has 0 unspecified atom stereocenters. The third kappa shape index (κ3) is 23.4. The van der Waals surface area contributed by atoms with Gasteiger partial charge in [0.25, 0.3) is 0 Å². The molecule has 0 saturated heterocycles. The van der Waals surface area contributed by atoms with Crippen LogP contribution in [0.1, 0.15) is 161 Å². The minimum atomic E-state index is 0.156. The minimum absolute atomic E-state index is 0.156. The molecule has 0 saturated carbocycles. The van der Waals surface area contributed by atoms with Crippen LogP contribution < -0.4 is 0 Å². The van der Waals surface area contributed by atoms with Gasteiger partial charge in [-0.25, -0.2) is 9.97 Å². The SMILES string of the molecule is CC.CC.CC.CC.CC(C)(C)c1ccc[nH]1.CC(C)(C)c1ccn[nH]1.CC(C)(C)c1cnc[nH]1.CC(C)(C)c1ncc[nH]1. The number of nitrogens with one attached hydrogen (secondary N) is 4. The molecule has 0 bridgehead atoms. The standard InChI is InChI=1S/C8H13N.3C7H12N2.4C2H6/c1-8(2,3)7-5-4-6-9-7;1-7(2,3)6-4-8-5-9-6;1-7(2,3)6-8-4-5-9-6;1-7(2,3)6-4-5-8-9-6;4*1-2/h4-6,9H,1-3H3;3*4-5H,1-3H3,(H,8,9);4*1-2H3. The van der Waals surface area contributed by atoms with Crippen molar-refractivity contribution in [2.45, 2.75) is 160 Å².